The molecule has 31 heavy (non-hydrogen) atoms. The van der Waals surface area contributed by atoms with E-state index >= 15 is 0 Å². The molecule has 0 spiro atoms. The molecule has 160 valence electrons. The van der Waals surface area contributed by atoms with E-state index in [1.807, 2.05) is 30.5 Å². The minimum atomic E-state index is -0.420. The van der Waals surface area contributed by atoms with Gasteiger partial charge in [-0.1, -0.05) is 47.7 Å². The van der Waals surface area contributed by atoms with Crippen molar-refractivity contribution in [3.63, 3.8) is 0 Å². The Morgan fingerprint density at radius 3 is 2.52 bits per heavy atom. The molecule has 3 aromatic rings. The van der Waals surface area contributed by atoms with E-state index in [0.29, 0.717) is 28.8 Å². The molecule has 3 rings (SSSR count). The Morgan fingerprint density at radius 2 is 1.90 bits per heavy atom. The monoisotopic (exact) mass is 437 g/mol. The van der Waals surface area contributed by atoms with Crippen molar-refractivity contribution in [1.29, 1.82) is 0 Å². The molecular weight excluding hydrogens is 414 g/mol. The minimum absolute atomic E-state index is 0.0593. The molecule has 9 heteroatoms. The molecule has 1 aromatic heterocycles. The second-order valence-electron chi connectivity index (χ2n) is 7.01. The summed E-state index contributed by atoms with van der Waals surface area (Å²) in [6.07, 6.45) is 1.75. The maximum absolute atomic E-state index is 12.6. The fraction of sp³-hybridized carbons (Fsp3) is 0.227. The fourth-order valence-corrected chi connectivity index (χ4v) is 3.85. The molecule has 1 atom stereocenters. The van der Waals surface area contributed by atoms with Crippen molar-refractivity contribution in [1.82, 2.24) is 20.1 Å². The zero-order valence-corrected chi connectivity index (χ0v) is 18.1. The van der Waals surface area contributed by atoms with E-state index in [1.165, 1.54) is 23.9 Å². The van der Waals surface area contributed by atoms with Crippen molar-refractivity contribution < 1.29 is 9.72 Å². The Kier molecular flexibility index (Phi) is 7.19. The van der Waals surface area contributed by atoms with E-state index in [2.05, 4.69) is 22.1 Å². The molecule has 0 saturated heterocycles. The largest absolute Gasteiger partial charge is 0.342 e. The van der Waals surface area contributed by atoms with Crippen molar-refractivity contribution in [3.05, 3.63) is 93.8 Å². The first kappa shape index (κ1) is 22.2. The molecule has 0 aliphatic carbocycles. The molecule has 2 aromatic carbocycles. The number of aryl methyl sites for hydroxylation is 1. The summed E-state index contributed by atoms with van der Waals surface area (Å²) in [6.45, 7) is 8.13. The summed E-state index contributed by atoms with van der Waals surface area (Å²) < 4.78 is 1.91. The Balaban J connectivity index is 1.71. The topological polar surface area (TPSA) is 103 Å². The Hall–Kier alpha value is -3.46. The van der Waals surface area contributed by atoms with Gasteiger partial charge in [-0.3, -0.25) is 14.9 Å². The highest BCUT2D eigenvalue weighted by Crippen LogP contribution is 2.25. The lowest BCUT2D eigenvalue weighted by molar-refractivity contribution is -0.384. The van der Waals surface area contributed by atoms with Crippen LogP contribution >= 0.6 is 11.8 Å². The van der Waals surface area contributed by atoms with Crippen LogP contribution in [0.4, 0.5) is 5.69 Å². The summed E-state index contributed by atoms with van der Waals surface area (Å²) >= 11 is 1.47. The van der Waals surface area contributed by atoms with E-state index in [4.69, 9.17) is 0 Å². The first-order valence-electron chi connectivity index (χ1n) is 9.66. The molecule has 0 aliphatic rings. The second kappa shape index (κ2) is 10.0. The van der Waals surface area contributed by atoms with Gasteiger partial charge in [-0.05, 0) is 31.5 Å². The molecule has 0 unspecified atom stereocenters. The average Bonchev–Trinajstić information content (AvgIpc) is 3.16. The summed E-state index contributed by atoms with van der Waals surface area (Å²) in [7, 11) is 0. The normalized spacial score (nSPS) is 11.7. The molecule has 1 N–H and O–H groups in total. The molecule has 8 nitrogen and oxygen atoms in total. The van der Waals surface area contributed by atoms with Crippen molar-refractivity contribution in [2.75, 3.05) is 0 Å². The minimum Gasteiger partial charge on any atom is -0.342 e. The summed E-state index contributed by atoms with van der Waals surface area (Å²) in [5.74, 6) is 1.03. The lowest BCUT2D eigenvalue weighted by atomic mass is 10.1. The van der Waals surface area contributed by atoms with Crippen LogP contribution in [0, 0.1) is 17.0 Å². The van der Waals surface area contributed by atoms with E-state index in [0.717, 1.165) is 11.1 Å². The number of non-ortho nitro benzene ring substituents is 1. The standard InChI is InChI=1S/C22H23N5O3S/c1-4-13-26-20(16(3)23-21(28)18-9-5-15(2)6-10-18)24-25-22(26)31-14-17-7-11-19(12-8-17)27(29)30/h4-12,16H,1,13-14H2,2-3H3,(H,23,28)/t16-/m0/s1. The molecule has 0 aliphatic heterocycles. The number of amides is 1. The third-order valence-corrected chi connectivity index (χ3v) is 5.66. The zero-order valence-electron chi connectivity index (χ0n) is 17.3. The molecule has 1 heterocycles. The summed E-state index contributed by atoms with van der Waals surface area (Å²) in [5, 5.41) is 23.0. The number of thioether (sulfide) groups is 1. The molecular formula is C22H23N5O3S. The molecule has 0 saturated carbocycles. The number of benzene rings is 2. The van der Waals surface area contributed by atoms with Gasteiger partial charge in [0, 0.05) is 30.0 Å². The van der Waals surface area contributed by atoms with E-state index in [-0.39, 0.29) is 17.6 Å². The van der Waals surface area contributed by atoms with Crippen LogP contribution in [0.5, 0.6) is 0 Å². The van der Waals surface area contributed by atoms with Gasteiger partial charge in [0.2, 0.25) is 0 Å². The third kappa shape index (κ3) is 5.58. The number of aromatic nitrogens is 3. The number of carbonyl (C=O) groups excluding carboxylic acids is 1. The van der Waals surface area contributed by atoms with Gasteiger partial charge in [-0.15, -0.1) is 16.8 Å². The lowest BCUT2D eigenvalue weighted by Gasteiger charge is -2.15. The van der Waals surface area contributed by atoms with Crippen LogP contribution in [0.3, 0.4) is 0 Å². The fourth-order valence-electron chi connectivity index (χ4n) is 2.94. The lowest BCUT2D eigenvalue weighted by Crippen LogP contribution is -2.28. The SMILES string of the molecule is C=CCn1c(SCc2ccc([N+](=O)[O-])cc2)nnc1[C@H](C)NC(=O)c1ccc(C)cc1. The van der Waals surface area contributed by atoms with Gasteiger partial charge in [0.25, 0.3) is 11.6 Å². The Labute approximate surface area is 184 Å². The molecule has 0 radical (unpaired) electrons. The quantitative estimate of drug-likeness (QED) is 0.229. The van der Waals surface area contributed by atoms with E-state index < -0.39 is 4.92 Å². The van der Waals surface area contributed by atoms with Crippen LogP contribution < -0.4 is 5.32 Å². The molecule has 0 bridgehead atoms. The average molecular weight is 438 g/mol. The third-order valence-electron chi connectivity index (χ3n) is 4.62. The maximum Gasteiger partial charge on any atom is 0.269 e. The van der Waals surface area contributed by atoms with Gasteiger partial charge in [0.05, 0.1) is 11.0 Å². The number of allylic oxidation sites excluding steroid dienone is 1. The van der Waals surface area contributed by atoms with Crippen molar-refractivity contribution in [3.8, 4) is 0 Å². The molecule has 0 fully saturated rings. The predicted octanol–water partition coefficient (Wildman–Crippen LogP) is 4.46. The number of hydrogen-bond donors (Lipinski definition) is 1. The van der Waals surface area contributed by atoms with Gasteiger partial charge in [-0.2, -0.15) is 0 Å². The summed E-state index contributed by atoms with van der Waals surface area (Å²) in [4.78, 5) is 22.9. The van der Waals surface area contributed by atoms with Crippen molar-refractivity contribution in [2.45, 2.75) is 37.3 Å². The smallest absolute Gasteiger partial charge is 0.269 e. The number of nitrogens with one attached hydrogen (secondary N) is 1. The van der Waals surface area contributed by atoms with Crippen molar-refractivity contribution in [2.24, 2.45) is 0 Å². The summed E-state index contributed by atoms with van der Waals surface area (Å²) in [5.41, 5.74) is 2.67. The molecule has 1 amide bonds. The van der Waals surface area contributed by atoms with Crippen molar-refractivity contribution >= 4 is 23.4 Å². The number of rotatable bonds is 9. The van der Waals surface area contributed by atoms with Crippen LogP contribution in [0.1, 0.15) is 40.3 Å². The highest BCUT2D eigenvalue weighted by Gasteiger charge is 2.20. The number of hydrogen-bond acceptors (Lipinski definition) is 6. The van der Waals surface area contributed by atoms with Crippen LogP contribution in [0.15, 0.2) is 66.3 Å². The Bertz CT molecular complexity index is 1080. The highest BCUT2D eigenvalue weighted by molar-refractivity contribution is 7.98. The van der Waals surface area contributed by atoms with Gasteiger partial charge < -0.3 is 9.88 Å². The first-order chi connectivity index (χ1) is 14.9. The second-order valence-corrected chi connectivity index (χ2v) is 7.96. The number of nitrogens with zero attached hydrogens (tertiary/aromatic N) is 4. The van der Waals surface area contributed by atoms with Crippen LogP contribution in [0.25, 0.3) is 0 Å². The number of carbonyl (C=O) groups is 1. The zero-order chi connectivity index (χ0) is 22.4. The van der Waals surface area contributed by atoms with Gasteiger partial charge >= 0.3 is 0 Å². The highest BCUT2D eigenvalue weighted by atomic mass is 32.2. The predicted molar refractivity (Wildman–Crippen MR) is 120 cm³/mol. The van der Waals surface area contributed by atoms with Gasteiger partial charge in [0.15, 0.2) is 11.0 Å². The maximum atomic E-state index is 12.6. The Morgan fingerprint density at radius 1 is 1.23 bits per heavy atom. The van der Waals surface area contributed by atoms with E-state index in [1.54, 1.807) is 30.3 Å². The van der Waals surface area contributed by atoms with Gasteiger partial charge in [-0.25, -0.2) is 0 Å². The number of nitro benzene ring substituents is 1. The summed E-state index contributed by atoms with van der Waals surface area (Å²) in [6, 6.07) is 13.4. The van der Waals surface area contributed by atoms with Gasteiger partial charge in [0.1, 0.15) is 0 Å². The first-order valence-corrected chi connectivity index (χ1v) is 10.6. The number of nitro groups is 1. The van der Waals surface area contributed by atoms with Crippen LogP contribution in [0.2, 0.25) is 0 Å². The van der Waals surface area contributed by atoms with Crippen LogP contribution in [-0.2, 0) is 12.3 Å². The van der Waals surface area contributed by atoms with Crippen LogP contribution in [-0.4, -0.2) is 25.6 Å². The van der Waals surface area contributed by atoms with E-state index in [9.17, 15) is 14.9 Å².